The van der Waals surface area contributed by atoms with Crippen LogP contribution < -0.4 is 0 Å². The third-order valence-corrected chi connectivity index (χ3v) is 2.59. The maximum atomic E-state index is 9.79. The summed E-state index contributed by atoms with van der Waals surface area (Å²) >= 11 is 11.8. The molecule has 0 spiro atoms. The maximum Gasteiger partial charge on any atom is 0.0841 e. The van der Waals surface area contributed by atoms with Crippen molar-refractivity contribution in [1.29, 1.82) is 0 Å². The predicted octanol–water partition coefficient (Wildman–Crippen LogP) is 3.68. The van der Waals surface area contributed by atoms with E-state index in [1.165, 1.54) is 0 Å². The number of aliphatic hydroxyl groups excluding tert-OH is 1. The Kier molecular flexibility index (Phi) is 3.60. The molecule has 1 N–H and O–H groups in total. The van der Waals surface area contributed by atoms with Crippen LogP contribution in [-0.4, -0.2) is 5.11 Å². The molecule has 0 saturated carbocycles. The van der Waals surface area contributed by atoms with E-state index in [-0.39, 0.29) is 5.92 Å². The summed E-state index contributed by atoms with van der Waals surface area (Å²) in [6.45, 7) is 3.84. The van der Waals surface area contributed by atoms with Crippen LogP contribution in [0.5, 0.6) is 0 Å². The average Bonchev–Trinajstić information content (AvgIpc) is 2.03. The standard InChI is InChI=1S/C10H12Cl2O/c1-6(2)10(13)9-7(11)4-3-5-8(9)12/h3-6,10,13H,1-2H3/t10-/m1/s1. The minimum Gasteiger partial charge on any atom is -0.388 e. The lowest BCUT2D eigenvalue weighted by atomic mass is 9.99. The molecule has 1 aromatic rings. The van der Waals surface area contributed by atoms with E-state index >= 15 is 0 Å². The zero-order chi connectivity index (χ0) is 10.0. The minimum atomic E-state index is -0.596. The molecule has 1 rings (SSSR count). The Morgan fingerprint density at radius 2 is 1.62 bits per heavy atom. The summed E-state index contributed by atoms with van der Waals surface area (Å²) < 4.78 is 0. The molecular weight excluding hydrogens is 207 g/mol. The van der Waals surface area contributed by atoms with Gasteiger partial charge >= 0.3 is 0 Å². The van der Waals surface area contributed by atoms with Crippen LogP contribution in [0.4, 0.5) is 0 Å². The van der Waals surface area contributed by atoms with Crippen molar-refractivity contribution in [2.24, 2.45) is 5.92 Å². The van der Waals surface area contributed by atoms with Gasteiger partial charge in [0.15, 0.2) is 0 Å². The van der Waals surface area contributed by atoms with Crippen molar-refractivity contribution in [3.63, 3.8) is 0 Å². The van der Waals surface area contributed by atoms with E-state index in [1.807, 2.05) is 13.8 Å². The lowest BCUT2D eigenvalue weighted by Crippen LogP contribution is -2.06. The first-order valence-electron chi connectivity index (χ1n) is 4.16. The van der Waals surface area contributed by atoms with Crippen molar-refractivity contribution in [3.05, 3.63) is 33.8 Å². The number of halogens is 2. The molecule has 3 heteroatoms. The second-order valence-electron chi connectivity index (χ2n) is 3.32. The highest BCUT2D eigenvalue weighted by Gasteiger charge is 2.17. The topological polar surface area (TPSA) is 20.2 Å². The molecule has 0 aliphatic heterocycles. The van der Waals surface area contributed by atoms with Gasteiger partial charge < -0.3 is 5.11 Å². The van der Waals surface area contributed by atoms with E-state index in [0.717, 1.165) is 0 Å². The van der Waals surface area contributed by atoms with Gasteiger partial charge in [0.25, 0.3) is 0 Å². The molecule has 0 aliphatic rings. The molecule has 1 atom stereocenters. The molecule has 0 radical (unpaired) electrons. The lowest BCUT2D eigenvalue weighted by Gasteiger charge is -2.17. The number of hydrogen-bond acceptors (Lipinski definition) is 1. The summed E-state index contributed by atoms with van der Waals surface area (Å²) in [4.78, 5) is 0. The van der Waals surface area contributed by atoms with Crippen LogP contribution in [0.3, 0.4) is 0 Å². The van der Waals surface area contributed by atoms with Crippen molar-refractivity contribution in [2.75, 3.05) is 0 Å². The molecule has 0 heterocycles. The first-order chi connectivity index (χ1) is 6.04. The molecule has 1 aromatic carbocycles. The molecule has 0 aromatic heterocycles. The minimum absolute atomic E-state index is 0.109. The summed E-state index contributed by atoms with van der Waals surface area (Å²) in [5.41, 5.74) is 0.626. The van der Waals surface area contributed by atoms with Crippen LogP contribution in [-0.2, 0) is 0 Å². The van der Waals surface area contributed by atoms with Gasteiger partial charge in [-0.1, -0.05) is 43.1 Å². The quantitative estimate of drug-likeness (QED) is 0.804. The molecule has 1 nitrogen and oxygen atoms in total. The third-order valence-electron chi connectivity index (χ3n) is 1.93. The molecular formula is C10H12Cl2O. The summed E-state index contributed by atoms with van der Waals surface area (Å²) in [7, 11) is 0. The van der Waals surface area contributed by atoms with Gasteiger partial charge in [-0.05, 0) is 18.1 Å². The fraction of sp³-hybridized carbons (Fsp3) is 0.400. The van der Waals surface area contributed by atoms with Gasteiger partial charge in [0.05, 0.1) is 6.10 Å². The molecule has 72 valence electrons. The molecule has 0 bridgehead atoms. The molecule has 0 amide bonds. The summed E-state index contributed by atoms with van der Waals surface area (Å²) in [6, 6.07) is 5.23. The van der Waals surface area contributed by atoms with Gasteiger partial charge in [0, 0.05) is 15.6 Å². The van der Waals surface area contributed by atoms with Crippen LogP contribution >= 0.6 is 23.2 Å². The van der Waals surface area contributed by atoms with Gasteiger partial charge in [-0.25, -0.2) is 0 Å². The van der Waals surface area contributed by atoms with Gasteiger partial charge in [0.1, 0.15) is 0 Å². The third kappa shape index (κ3) is 2.37. The van der Waals surface area contributed by atoms with Crippen LogP contribution in [0, 0.1) is 5.92 Å². The van der Waals surface area contributed by atoms with Gasteiger partial charge in [-0.2, -0.15) is 0 Å². The Labute approximate surface area is 88.3 Å². The van der Waals surface area contributed by atoms with E-state index in [2.05, 4.69) is 0 Å². The normalized spacial score (nSPS) is 13.4. The van der Waals surface area contributed by atoms with Gasteiger partial charge in [0.2, 0.25) is 0 Å². The smallest absolute Gasteiger partial charge is 0.0841 e. The van der Waals surface area contributed by atoms with E-state index in [0.29, 0.717) is 15.6 Å². The van der Waals surface area contributed by atoms with Gasteiger partial charge in [-0.15, -0.1) is 0 Å². The van der Waals surface area contributed by atoms with Gasteiger partial charge in [-0.3, -0.25) is 0 Å². The van der Waals surface area contributed by atoms with Crippen LogP contribution in [0.25, 0.3) is 0 Å². The summed E-state index contributed by atoms with van der Waals surface area (Å²) in [6.07, 6.45) is -0.596. The number of hydrogen-bond donors (Lipinski definition) is 1. The Balaban J connectivity index is 3.12. The second-order valence-corrected chi connectivity index (χ2v) is 4.14. The van der Waals surface area contributed by atoms with E-state index in [9.17, 15) is 5.11 Å². The van der Waals surface area contributed by atoms with Crippen LogP contribution in [0.2, 0.25) is 10.0 Å². The fourth-order valence-corrected chi connectivity index (χ4v) is 1.75. The molecule has 0 fully saturated rings. The van der Waals surface area contributed by atoms with Crippen molar-refractivity contribution in [2.45, 2.75) is 20.0 Å². The zero-order valence-electron chi connectivity index (χ0n) is 7.59. The zero-order valence-corrected chi connectivity index (χ0v) is 9.10. The number of aliphatic hydroxyl groups is 1. The molecule has 0 saturated heterocycles. The highest BCUT2D eigenvalue weighted by Crippen LogP contribution is 2.33. The second kappa shape index (κ2) is 4.32. The first kappa shape index (κ1) is 10.8. The summed E-state index contributed by atoms with van der Waals surface area (Å²) in [5, 5.41) is 10.8. The number of rotatable bonds is 2. The first-order valence-corrected chi connectivity index (χ1v) is 4.91. The maximum absolute atomic E-state index is 9.79. The SMILES string of the molecule is CC(C)[C@@H](O)c1c(Cl)cccc1Cl. The lowest BCUT2D eigenvalue weighted by molar-refractivity contribution is 0.127. The largest absolute Gasteiger partial charge is 0.388 e. The molecule has 0 aliphatic carbocycles. The van der Waals surface area contributed by atoms with E-state index in [1.54, 1.807) is 18.2 Å². The Morgan fingerprint density at radius 1 is 1.15 bits per heavy atom. The van der Waals surface area contributed by atoms with Crippen LogP contribution in [0.15, 0.2) is 18.2 Å². The summed E-state index contributed by atoms with van der Waals surface area (Å²) in [5.74, 6) is 0.109. The Morgan fingerprint density at radius 3 is 2.00 bits per heavy atom. The van der Waals surface area contributed by atoms with Crippen molar-refractivity contribution in [3.8, 4) is 0 Å². The highest BCUT2D eigenvalue weighted by atomic mass is 35.5. The highest BCUT2D eigenvalue weighted by molar-refractivity contribution is 6.36. The van der Waals surface area contributed by atoms with E-state index in [4.69, 9.17) is 23.2 Å². The number of benzene rings is 1. The molecule has 0 unspecified atom stereocenters. The van der Waals surface area contributed by atoms with Crippen molar-refractivity contribution >= 4 is 23.2 Å². The Bertz CT molecular complexity index is 277. The molecule has 13 heavy (non-hydrogen) atoms. The fourth-order valence-electron chi connectivity index (χ4n) is 1.13. The van der Waals surface area contributed by atoms with Crippen molar-refractivity contribution in [1.82, 2.24) is 0 Å². The monoisotopic (exact) mass is 218 g/mol. The van der Waals surface area contributed by atoms with E-state index < -0.39 is 6.10 Å². The Hall–Kier alpha value is -0.240. The average molecular weight is 219 g/mol. The van der Waals surface area contributed by atoms with Crippen molar-refractivity contribution < 1.29 is 5.11 Å². The predicted molar refractivity (Wildman–Crippen MR) is 56.3 cm³/mol. The van der Waals surface area contributed by atoms with Crippen LogP contribution in [0.1, 0.15) is 25.5 Å².